The molecule has 7 heteroatoms. The fourth-order valence-corrected chi connectivity index (χ4v) is 2.61. The van der Waals surface area contributed by atoms with Gasteiger partial charge in [-0.15, -0.1) is 24.0 Å². The summed E-state index contributed by atoms with van der Waals surface area (Å²) in [5.41, 5.74) is 1.23. The van der Waals surface area contributed by atoms with Gasteiger partial charge in [-0.1, -0.05) is 6.07 Å². The lowest BCUT2D eigenvalue weighted by Gasteiger charge is -2.23. The second-order valence-corrected chi connectivity index (χ2v) is 6.27. The van der Waals surface area contributed by atoms with Crippen LogP contribution in [0.2, 0.25) is 0 Å². The number of benzene rings is 1. The van der Waals surface area contributed by atoms with Crippen LogP contribution in [0.25, 0.3) is 0 Å². The second kappa shape index (κ2) is 11.7. The Labute approximate surface area is 179 Å². The van der Waals surface area contributed by atoms with Gasteiger partial charge in [0.1, 0.15) is 17.6 Å². The molecule has 2 rings (SSSR count). The van der Waals surface area contributed by atoms with Crippen LogP contribution in [0.3, 0.4) is 0 Å². The van der Waals surface area contributed by atoms with Gasteiger partial charge in [0.05, 0.1) is 20.2 Å². The van der Waals surface area contributed by atoms with Gasteiger partial charge in [0, 0.05) is 38.6 Å². The van der Waals surface area contributed by atoms with Crippen molar-refractivity contribution >= 4 is 29.9 Å². The molecule has 0 aliphatic carbocycles. The molecule has 1 aromatic heterocycles. The Balaban J connectivity index is 0.00000364. The fourth-order valence-electron chi connectivity index (χ4n) is 2.61. The molecule has 1 unspecified atom stereocenters. The maximum absolute atomic E-state index is 5.95. The first-order valence-corrected chi connectivity index (χ1v) is 8.93. The minimum absolute atomic E-state index is 0. The van der Waals surface area contributed by atoms with Crippen LogP contribution in [0.4, 0.5) is 0 Å². The van der Waals surface area contributed by atoms with E-state index >= 15 is 0 Å². The normalized spacial score (nSPS) is 12.1. The summed E-state index contributed by atoms with van der Waals surface area (Å²) in [4.78, 5) is 6.85. The lowest BCUT2D eigenvalue weighted by atomic mass is 10.3. The second-order valence-electron chi connectivity index (χ2n) is 6.27. The molecule has 1 heterocycles. The van der Waals surface area contributed by atoms with Crippen LogP contribution in [0, 0.1) is 0 Å². The molecular weight excluding hydrogens is 455 g/mol. The number of halogens is 1. The summed E-state index contributed by atoms with van der Waals surface area (Å²) < 4.78 is 13.3. The van der Waals surface area contributed by atoms with Crippen molar-refractivity contribution in [3.63, 3.8) is 0 Å². The first-order chi connectivity index (χ1) is 12.5. The Morgan fingerprint density at radius 2 is 2.00 bits per heavy atom. The van der Waals surface area contributed by atoms with Crippen LogP contribution in [0.1, 0.15) is 19.5 Å². The molecule has 27 heavy (non-hydrogen) atoms. The molecule has 0 aliphatic rings. The van der Waals surface area contributed by atoms with Crippen molar-refractivity contribution in [1.82, 2.24) is 14.8 Å². The summed E-state index contributed by atoms with van der Waals surface area (Å²) in [6, 6.07) is 11.8. The molecule has 0 bridgehead atoms. The molecule has 0 spiro atoms. The van der Waals surface area contributed by atoms with Gasteiger partial charge in [-0.05, 0) is 38.1 Å². The molecular formula is C20H31IN4O2. The molecule has 150 valence electrons. The monoisotopic (exact) mass is 486 g/mol. The number of nitrogens with zero attached hydrogens (tertiary/aromatic N) is 3. The van der Waals surface area contributed by atoms with Crippen LogP contribution in [0.5, 0.6) is 11.5 Å². The Bertz CT molecular complexity index is 718. The van der Waals surface area contributed by atoms with Crippen LogP contribution >= 0.6 is 24.0 Å². The highest BCUT2D eigenvalue weighted by Gasteiger charge is 2.10. The highest BCUT2D eigenvalue weighted by atomic mass is 127. The molecule has 0 radical (unpaired) electrons. The highest BCUT2D eigenvalue weighted by Crippen LogP contribution is 2.20. The minimum atomic E-state index is -0.0424. The Morgan fingerprint density at radius 1 is 1.26 bits per heavy atom. The third kappa shape index (κ3) is 7.32. The van der Waals surface area contributed by atoms with E-state index in [0.29, 0.717) is 6.54 Å². The van der Waals surface area contributed by atoms with Crippen molar-refractivity contribution < 1.29 is 9.47 Å². The first kappa shape index (κ1) is 23.1. The van der Waals surface area contributed by atoms with Gasteiger partial charge in [0.15, 0.2) is 5.96 Å². The summed E-state index contributed by atoms with van der Waals surface area (Å²) in [7, 11) is 5.75. The Kier molecular flexibility index (Phi) is 10.1. The van der Waals surface area contributed by atoms with Gasteiger partial charge in [0.25, 0.3) is 0 Å². The Hall–Kier alpha value is -1.90. The van der Waals surface area contributed by atoms with E-state index in [2.05, 4.69) is 47.1 Å². The summed E-state index contributed by atoms with van der Waals surface area (Å²) in [5, 5.41) is 3.34. The average Bonchev–Trinajstić information content (AvgIpc) is 3.03. The summed E-state index contributed by atoms with van der Waals surface area (Å²) >= 11 is 0. The molecule has 0 amide bonds. The van der Waals surface area contributed by atoms with Crippen LogP contribution < -0.4 is 14.8 Å². The molecule has 0 aliphatic heterocycles. The SMILES string of the molecule is CCNC(=NCC(C)Oc1cccc(OC)c1)N(C)Cc1cccn1C.I. The number of aliphatic imine (C=N–C) groups is 1. The number of aryl methyl sites for hydroxylation is 1. The largest absolute Gasteiger partial charge is 0.497 e. The fraction of sp³-hybridized carbons (Fsp3) is 0.450. The lowest BCUT2D eigenvalue weighted by molar-refractivity contribution is 0.228. The number of rotatable bonds is 8. The number of methoxy groups -OCH3 is 1. The molecule has 6 nitrogen and oxygen atoms in total. The van der Waals surface area contributed by atoms with Gasteiger partial charge in [-0.25, -0.2) is 4.99 Å². The zero-order valence-electron chi connectivity index (χ0n) is 16.8. The van der Waals surface area contributed by atoms with E-state index < -0.39 is 0 Å². The maximum atomic E-state index is 5.95. The zero-order chi connectivity index (χ0) is 18.9. The number of ether oxygens (including phenoxy) is 2. The topological polar surface area (TPSA) is 51.0 Å². The van der Waals surface area contributed by atoms with Crippen molar-refractivity contribution in [3.05, 3.63) is 48.3 Å². The van der Waals surface area contributed by atoms with E-state index in [9.17, 15) is 0 Å². The van der Waals surface area contributed by atoms with Crippen LogP contribution in [-0.2, 0) is 13.6 Å². The van der Waals surface area contributed by atoms with E-state index in [-0.39, 0.29) is 30.1 Å². The summed E-state index contributed by atoms with van der Waals surface area (Å²) in [6.45, 7) is 6.27. The van der Waals surface area contributed by atoms with Crippen molar-refractivity contribution in [1.29, 1.82) is 0 Å². The number of hydrogen-bond donors (Lipinski definition) is 1. The molecule has 1 N–H and O–H groups in total. The van der Waals surface area contributed by atoms with Crippen molar-refractivity contribution in [2.24, 2.45) is 12.0 Å². The molecule has 2 aromatic rings. The summed E-state index contributed by atoms with van der Waals surface area (Å²) in [5.74, 6) is 2.44. The molecule has 0 saturated carbocycles. The molecule has 0 fully saturated rings. The number of nitrogens with one attached hydrogen (secondary N) is 1. The van der Waals surface area contributed by atoms with E-state index in [1.54, 1.807) is 7.11 Å². The zero-order valence-corrected chi connectivity index (χ0v) is 19.1. The third-order valence-corrected chi connectivity index (χ3v) is 4.02. The van der Waals surface area contributed by atoms with Crippen molar-refractivity contribution in [3.8, 4) is 11.5 Å². The number of aromatic nitrogens is 1. The molecule has 0 saturated heterocycles. The molecule has 1 aromatic carbocycles. The first-order valence-electron chi connectivity index (χ1n) is 8.93. The van der Waals surface area contributed by atoms with E-state index in [0.717, 1.165) is 30.5 Å². The van der Waals surface area contributed by atoms with Gasteiger partial charge in [0.2, 0.25) is 0 Å². The maximum Gasteiger partial charge on any atom is 0.194 e. The Morgan fingerprint density at radius 3 is 2.63 bits per heavy atom. The lowest BCUT2D eigenvalue weighted by Crippen LogP contribution is -2.39. The van der Waals surface area contributed by atoms with Crippen molar-refractivity contribution in [2.45, 2.75) is 26.5 Å². The van der Waals surface area contributed by atoms with E-state index in [4.69, 9.17) is 14.5 Å². The van der Waals surface area contributed by atoms with Gasteiger partial charge >= 0.3 is 0 Å². The predicted octanol–water partition coefficient (Wildman–Crippen LogP) is 3.52. The predicted molar refractivity (Wildman–Crippen MR) is 121 cm³/mol. The average molecular weight is 486 g/mol. The van der Waals surface area contributed by atoms with E-state index in [1.807, 2.05) is 38.2 Å². The van der Waals surface area contributed by atoms with Gasteiger partial charge < -0.3 is 24.3 Å². The standard InChI is InChI=1S/C20H30N4O2.HI/c1-6-21-20(24(4)15-17-9-8-12-23(17)3)22-14-16(2)26-19-11-7-10-18(13-19)25-5;/h7-13,16H,6,14-15H2,1-5H3,(H,21,22);1H. The van der Waals surface area contributed by atoms with Crippen LogP contribution in [0.15, 0.2) is 47.6 Å². The molecule has 1 atom stereocenters. The van der Waals surface area contributed by atoms with Crippen LogP contribution in [-0.4, -0.2) is 48.8 Å². The highest BCUT2D eigenvalue weighted by molar-refractivity contribution is 14.0. The number of guanidine groups is 1. The number of hydrogen-bond acceptors (Lipinski definition) is 3. The van der Waals surface area contributed by atoms with Crippen molar-refractivity contribution in [2.75, 3.05) is 27.2 Å². The van der Waals surface area contributed by atoms with Gasteiger partial charge in [-0.3, -0.25) is 0 Å². The smallest absolute Gasteiger partial charge is 0.194 e. The van der Waals surface area contributed by atoms with Gasteiger partial charge in [-0.2, -0.15) is 0 Å². The quantitative estimate of drug-likeness (QED) is 0.353. The minimum Gasteiger partial charge on any atom is -0.497 e. The summed E-state index contributed by atoms with van der Waals surface area (Å²) in [6.07, 6.45) is 2.01. The third-order valence-electron chi connectivity index (χ3n) is 4.02. The van der Waals surface area contributed by atoms with E-state index in [1.165, 1.54) is 5.69 Å².